The molecule has 0 unspecified atom stereocenters. The van der Waals surface area contributed by atoms with Gasteiger partial charge in [-0.1, -0.05) is 4.49 Å². The molecule has 0 amide bonds. The number of nitrogens with zero attached hydrogens (tertiary/aromatic N) is 2. The lowest BCUT2D eigenvalue weighted by Crippen LogP contribution is -2.01. The Kier molecular flexibility index (Phi) is 3.61. The number of hydrogen-bond donors (Lipinski definition) is 2. The van der Waals surface area contributed by atoms with E-state index in [9.17, 15) is 0 Å². The monoisotopic (exact) mass is 190 g/mol. The summed E-state index contributed by atoms with van der Waals surface area (Å²) in [5, 5.41) is 3.70. The second kappa shape index (κ2) is 4.53. The van der Waals surface area contributed by atoms with Crippen LogP contribution in [0.15, 0.2) is 0 Å². The summed E-state index contributed by atoms with van der Waals surface area (Å²) in [4.78, 5) is 1.04. The van der Waals surface area contributed by atoms with Crippen LogP contribution in [0, 0.1) is 0 Å². The van der Waals surface area contributed by atoms with E-state index in [1.54, 1.807) is 11.8 Å². The van der Waals surface area contributed by atoms with E-state index in [4.69, 9.17) is 11.5 Å². The zero-order valence-electron chi connectivity index (χ0n) is 5.99. The average Bonchev–Trinajstić information content (AvgIpc) is 2.37. The SMILES string of the molecule is NCCSCc1snnc1N. The maximum atomic E-state index is 5.52. The molecule has 0 radical (unpaired) electrons. The second-order valence-electron chi connectivity index (χ2n) is 1.92. The summed E-state index contributed by atoms with van der Waals surface area (Å²) in [5.41, 5.74) is 10.8. The number of nitrogens with two attached hydrogens (primary N) is 2. The van der Waals surface area contributed by atoms with Gasteiger partial charge in [0.2, 0.25) is 0 Å². The third-order valence-electron chi connectivity index (χ3n) is 1.08. The minimum absolute atomic E-state index is 0.555. The topological polar surface area (TPSA) is 77.8 Å². The van der Waals surface area contributed by atoms with Crippen LogP contribution in [0.25, 0.3) is 0 Å². The van der Waals surface area contributed by atoms with Crippen molar-refractivity contribution in [2.45, 2.75) is 5.75 Å². The van der Waals surface area contributed by atoms with Crippen molar-refractivity contribution < 1.29 is 0 Å². The molecule has 1 aromatic heterocycles. The van der Waals surface area contributed by atoms with E-state index in [0.717, 1.165) is 16.4 Å². The smallest absolute Gasteiger partial charge is 0.162 e. The van der Waals surface area contributed by atoms with Crippen molar-refractivity contribution in [2.75, 3.05) is 18.0 Å². The highest BCUT2D eigenvalue weighted by atomic mass is 32.2. The fourth-order valence-corrected chi connectivity index (χ4v) is 2.03. The van der Waals surface area contributed by atoms with Crippen molar-refractivity contribution >= 4 is 29.1 Å². The predicted octanol–water partition coefficient (Wildman–Crippen LogP) is 0.312. The molecule has 4 nitrogen and oxygen atoms in total. The second-order valence-corrected chi connectivity index (χ2v) is 3.87. The van der Waals surface area contributed by atoms with E-state index in [1.807, 2.05) is 0 Å². The molecule has 0 saturated carbocycles. The van der Waals surface area contributed by atoms with Gasteiger partial charge in [-0.05, 0) is 11.5 Å². The Morgan fingerprint density at radius 3 is 2.91 bits per heavy atom. The molecule has 1 heterocycles. The molecular weight excluding hydrogens is 180 g/mol. The molecule has 11 heavy (non-hydrogen) atoms. The first-order valence-electron chi connectivity index (χ1n) is 3.19. The molecule has 0 bridgehead atoms. The zero-order chi connectivity index (χ0) is 8.10. The number of rotatable bonds is 4. The third kappa shape index (κ3) is 2.64. The van der Waals surface area contributed by atoms with Crippen LogP contribution in [0.3, 0.4) is 0 Å². The Balaban J connectivity index is 2.32. The van der Waals surface area contributed by atoms with Gasteiger partial charge in [0.1, 0.15) is 0 Å². The molecule has 0 aliphatic carbocycles. The summed E-state index contributed by atoms with van der Waals surface area (Å²) >= 11 is 3.10. The first-order chi connectivity index (χ1) is 5.34. The van der Waals surface area contributed by atoms with Crippen molar-refractivity contribution in [1.29, 1.82) is 0 Å². The molecule has 0 aliphatic rings. The Labute approximate surface area is 73.5 Å². The Hall–Kier alpha value is -0.330. The minimum atomic E-state index is 0.555. The van der Waals surface area contributed by atoms with Crippen LogP contribution in [0.4, 0.5) is 5.82 Å². The molecule has 6 heteroatoms. The first-order valence-corrected chi connectivity index (χ1v) is 5.12. The summed E-state index contributed by atoms with van der Waals surface area (Å²) in [5.74, 6) is 2.39. The van der Waals surface area contributed by atoms with E-state index >= 15 is 0 Å². The molecule has 0 aliphatic heterocycles. The van der Waals surface area contributed by atoms with Crippen molar-refractivity contribution in [2.24, 2.45) is 5.73 Å². The summed E-state index contributed by atoms with van der Waals surface area (Å²) in [7, 11) is 0. The quantitative estimate of drug-likeness (QED) is 0.668. The highest BCUT2D eigenvalue weighted by molar-refractivity contribution is 7.98. The standard InChI is InChI=1S/C5H10N4S2/c6-1-2-10-3-4-5(7)8-9-11-4/h1-3,6-7H2. The lowest BCUT2D eigenvalue weighted by atomic mass is 10.6. The molecule has 0 aromatic carbocycles. The lowest BCUT2D eigenvalue weighted by molar-refractivity contribution is 1.15. The Bertz CT molecular complexity index is 212. The fraction of sp³-hybridized carbons (Fsp3) is 0.600. The van der Waals surface area contributed by atoms with Gasteiger partial charge in [-0.25, -0.2) is 0 Å². The van der Waals surface area contributed by atoms with Crippen LogP contribution < -0.4 is 11.5 Å². The van der Waals surface area contributed by atoms with Crippen molar-refractivity contribution in [3.63, 3.8) is 0 Å². The highest BCUT2D eigenvalue weighted by Gasteiger charge is 2.02. The molecule has 62 valence electrons. The van der Waals surface area contributed by atoms with Gasteiger partial charge in [0, 0.05) is 18.1 Å². The van der Waals surface area contributed by atoms with Gasteiger partial charge in [-0.15, -0.1) is 5.10 Å². The largest absolute Gasteiger partial charge is 0.381 e. The van der Waals surface area contributed by atoms with Gasteiger partial charge in [-0.2, -0.15) is 11.8 Å². The zero-order valence-corrected chi connectivity index (χ0v) is 7.62. The summed E-state index contributed by atoms with van der Waals surface area (Å²) in [6.45, 7) is 0.705. The lowest BCUT2D eigenvalue weighted by Gasteiger charge is -1.94. The van der Waals surface area contributed by atoms with E-state index in [0.29, 0.717) is 12.4 Å². The van der Waals surface area contributed by atoms with E-state index in [2.05, 4.69) is 9.59 Å². The average molecular weight is 190 g/mol. The van der Waals surface area contributed by atoms with Gasteiger partial charge in [0.25, 0.3) is 0 Å². The van der Waals surface area contributed by atoms with Gasteiger partial charge >= 0.3 is 0 Å². The predicted molar refractivity (Wildman–Crippen MR) is 49.5 cm³/mol. The maximum absolute atomic E-state index is 5.52. The Morgan fingerprint density at radius 2 is 2.36 bits per heavy atom. The van der Waals surface area contributed by atoms with Crippen LogP contribution in [0.2, 0.25) is 0 Å². The molecular formula is C5H10N4S2. The number of nitrogen functional groups attached to an aromatic ring is 1. The number of thioether (sulfide) groups is 1. The Morgan fingerprint density at radius 1 is 1.55 bits per heavy atom. The normalized spacial score (nSPS) is 10.3. The van der Waals surface area contributed by atoms with Crippen molar-refractivity contribution in [1.82, 2.24) is 9.59 Å². The number of anilines is 1. The summed E-state index contributed by atoms with van der Waals surface area (Å²) < 4.78 is 3.72. The van der Waals surface area contributed by atoms with E-state index in [1.165, 1.54) is 11.5 Å². The van der Waals surface area contributed by atoms with E-state index < -0.39 is 0 Å². The van der Waals surface area contributed by atoms with Crippen LogP contribution in [0.5, 0.6) is 0 Å². The van der Waals surface area contributed by atoms with Crippen LogP contribution in [-0.4, -0.2) is 21.9 Å². The molecule has 0 saturated heterocycles. The third-order valence-corrected chi connectivity index (χ3v) is 3.02. The first kappa shape index (κ1) is 8.76. The van der Waals surface area contributed by atoms with Gasteiger partial charge in [0.15, 0.2) is 5.82 Å². The van der Waals surface area contributed by atoms with E-state index in [-0.39, 0.29) is 0 Å². The molecule has 1 rings (SSSR count). The fourth-order valence-electron chi connectivity index (χ4n) is 0.565. The van der Waals surface area contributed by atoms with Gasteiger partial charge in [0.05, 0.1) is 4.88 Å². The molecule has 0 atom stereocenters. The highest BCUT2D eigenvalue weighted by Crippen LogP contribution is 2.18. The molecule has 4 N–H and O–H groups in total. The maximum Gasteiger partial charge on any atom is 0.162 e. The number of hydrogen-bond acceptors (Lipinski definition) is 6. The van der Waals surface area contributed by atoms with Gasteiger partial charge < -0.3 is 11.5 Å². The number of aromatic nitrogens is 2. The van der Waals surface area contributed by atoms with Crippen LogP contribution >= 0.6 is 23.3 Å². The molecule has 0 spiro atoms. The van der Waals surface area contributed by atoms with Crippen molar-refractivity contribution in [3.05, 3.63) is 4.88 Å². The summed E-state index contributed by atoms with van der Waals surface area (Å²) in [6.07, 6.45) is 0. The molecule has 0 fully saturated rings. The van der Waals surface area contributed by atoms with Crippen LogP contribution in [0.1, 0.15) is 4.88 Å². The van der Waals surface area contributed by atoms with Crippen LogP contribution in [-0.2, 0) is 5.75 Å². The minimum Gasteiger partial charge on any atom is -0.381 e. The summed E-state index contributed by atoms with van der Waals surface area (Å²) in [6, 6.07) is 0. The molecule has 1 aromatic rings. The van der Waals surface area contributed by atoms with Gasteiger partial charge in [-0.3, -0.25) is 0 Å². The van der Waals surface area contributed by atoms with Crippen molar-refractivity contribution in [3.8, 4) is 0 Å².